The molecule has 0 atom stereocenters. The number of morpholine rings is 1. The number of nitrogens with zero attached hydrogens (tertiary/aromatic N) is 3. The highest BCUT2D eigenvalue weighted by atomic mass is 19.1. The van der Waals surface area contributed by atoms with E-state index in [-0.39, 0.29) is 23.2 Å². The maximum Gasteiger partial charge on any atom is 0.270 e. The third-order valence-electron chi connectivity index (χ3n) is 4.10. The highest BCUT2D eigenvalue weighted by molar-refractivity contribution is 5.92. The highest BCUT2D eigenvalue weighted by Gasteiger charge is 2.15. The maximum atomic E-state index is 13.8. The van der Waals surface area contributed by atoms with Gasteiger partial charge in [-0.2, -0.15) is 0 Å². The van der Waals surface area contributed by atoms with Gasteiger partial charge < -0.3 is 15.4 Å². The normalized spacial score (nSPS) is 14.8. The van der Waals surface area contributed by atoms with Gasteiger partial charge in [0.1, 0.15) is 23.0 Å². The number of aromatic nitrogens is 2. The minimum absolute atomic E-state index is 0.0441. The fourth-order valence-electron chi connectivity index (χ4n) is 2.71. The number of rotatable bonds is 6. The SMILES string of the molecule is Cc1cc(C(=O)NCCN2CCOCC2)nc(Nc2c(F)cccc2F)n1. The molecule has 1 fully saturated rings. The van der Waals surface area contributed by atoms with Crippen molar-refractivity contribution in [2.45, 2.75) is 6.92 Å². The average molecular weight is 377 g/mol. The molecule has 1 aromatic heterocycles. The summed E-state index contributed by atoms with van der Waals surface area (Å²) in [4.78, 5) is 22.7. The Labute approximate surface area is 155 Å². The number of carbonyl (C=O) groups is 1. The van der Waals surface area contributed by atoms with Crippen molar-refractivity contribution in [1.29, 1.82) is 0 Å². The van der Waals surface area contributed by atoms with E-state index in [1.807, 2.05) is 0 Å². The van der Waals surface area contributed by atoms with Crippen molar-refractivity contribution in [2.75, 3.05) is 44.7 Å². The maximum absolute atomic E-state index is 13.8. The number of ether oxygens (including phenoxy) is 1. The summed E-state index contributed by atoms with van der Waals surface area (Å²) in [6.45, 7) is 5.92. The van der Waals surface area contributed by atoms with E-state index in [0.717, 1.165) is 25.2 Å². The van der Waals surface area contributed by atoms with Crippen LogP contribution in [0.2, 0.25) is 0 Å². The van der Waals surface area contributed by atoms with Gasteiger partial charge in [-0.3, -0.25) is 9.69 Å². The molecule has 0 radical (unpaired) electrons. The van der Waals surface area contributed by atoms with Crippen LogP contribution in [0.4, 0.5) is 20.4 Å². The van der Waals surface area contributed by atoms with E-state index in [9.17, 15) is 13.6 Å². The number of anilines is 2. The molecule has 0 aliphatic carbocycles. The number of aryl methyl sites for hydroxylation is 1. The molecule has 1 amide bonds. The fourth-order valence-corrected chi connectivity index (χ4v) is 2.71. The first-order valence-corrected chi connectivity index (χ1v) is 8.68. The second kappa shape index (κ2) is 8.83. The Morgan fingerprint density at radius 2 is 1.93 bits per heavy atom. The Bertz CT molecular complexity index is 792. The Balaban J connectivity index is 1.64. The zero-order chi connectivity index (χ0) is 19.2. The molecule has 9 heteroatoms. The van der Waals surface area contributed by atoms with Crippen molar-refractivity contribution in [2.24, 2.45) is 0 Å². The number of amides is 1. The lowest BCUT2D eigenvalue weighted by Crippen LogP contribution is -2.41. The fraction of sp³-hybridized carbons (Fsp3) is 0.389. The van der Waals surface area contributed by atoms with Gasteiger partial charge in [0.2, 0.25) is 5.95 Å². The van der Waals surface area contributed by atoms with Gasteiger partial charge in [0.05, 0.1) is 13.2 Å². The van der Waals surface area contributed by atoms with Gasteiger partial charge in [0.15, 0.2) is 0 Å². The number of hydrogen-bond acceptors (Lipinski definition) is 6. The molecule has 0 spiro atoms. The molecule has 2 aromatic rings. The molecule has 1 aliphatic heterocycles. The van der Waals surface area contributed by atoms with Crippen molar-refractivity contribution < 1.29 is 18.3 Å². The number of benzene rings is 1. The lowest BCUT2D eigenvalue weighted by atomic mass is 10.3. The zero-order valence-electron chi connectivity index (χ0n) is 15.0. The lowest BCUT2D eigenvalue weighted by molar-refractivity contribution is 0.0383. The number of hydrogen-bond donors (Lipinski definition) is 2. The predicted molar refractivity (Wildman–Crippen MR) is 96.0 cm³/mol. The van der Waals surface area contributed by atoms with Gasteiger partial charge in [-0.15, -0.1) is 0 Å². The number of halogens is 2. The molecule has 7 nitrogen and oxygen atoms in total. The summed E-state index contributed by atoms with van der Waals surface area (Å²) in [7, 11) is 0. The summed E-state index contributed by atoms with van der Waals surface area (Å²) in [6.07, 6.45) is 0. The first kappa shape index (κ1) is 19.1. The standard InChI is InChI=1S/C18H21F2N5O2/c1-12-11-15(17(26)21-5-6-25-7-9-27-10-8-25)23-18(22-12)24-16-13(19)3-2-4-14(16)20/h2-4,11H,5-10H2,1H3,(H,21,26)(H,22,23,24). The van der Waals surface area contributed by atoms with Crippen LogP contribution < -0.4 is 10.6 Å². The Morgan fingerprint density at radius 1 is 1.22 bits per heavy atom. The summed E-state index contributed by atoms with van der Waals surface area (Å²) in [5, 5.41) is 5.31. The molecular formula is C18H21F2N5O2. The third kappa shape index (κ3) is 5.18. The summed E-state index contributed by atoms with van der Waals surface area (Å²) in [5.74, 6) is -1.95. The molecule has 1 saturated heterocycles. The average Bonchev–Trinajstić information content (AvgIpc) is 2.65. The van der Waals surface area contributed by atoms with Gasteiger partial charge in [-0.1, -0.05) is 6.07 Å². The Kier molecular flexibility index (Phi) is 6.25. The molecule has 1 aromatic carbocycles. The molecular weight excluding hydrogens is 356 g/mol. The van der Waals surface area contributed by atoms with Crippen LogP contribution in [0.5, 0.6) is 0 Å². The first-order chi connectivity index (χ1) is 13.0. The van der Waals surface area contributed by atoms with Crippen LogP contribution in [-0.4, -0.2) is 60.2 Å². The minimum Gasteiger partial charge on any atom is -0.379 e. The van der Waals surface area contributed by atoms with Crippen molar-refractivity contribution >= 4 is 17.5 Å². The van der Waals surface area contributed by atoms with E-state index in [0.29, 0.717) is 32.0 Å². The molecule has 3 rings (SSSR count). The molecule has 27 heavy (non-hydrogen) atoms. The van der Waals surface area contributed by atoms with Crippen molar-refractivity contribution in [1.82, 2.24) is 20.2 Å². The second-order valence-corrected chi connectivity index (χ2v) is 6.15. The van der Waals surface area contributed by atoms with Crippen molar-refractivity contribution in [3.8, 4) is 0 Å². The highest BCUT2D eigenvalue weighted by Crippen LogP contribution is 2.21. The minimum atomic E-state index is -0.767. The van der Waals surface area contributed by atoms with E-state index in [1.54, 1.807) is 6.92 Å². The zero-order valence-corrected chi connectivity index (χ0v) is 15.0. The van der Waals surface area contributed by atoms with Gasteiger partial charge in [0.25, 0.3) is 5.91 Å². The third-order valence-corrected chi connectivity index (χ3v) is 4.10. The summed E-state index contributed by atoms with van der Waals surface area (Å²) in [5.41, 5.74) is 0.271. The van der Waals surface area contributed by atoms with Crippen LogP contribution in [-0.2, 0) is 4.74 Å². The second-order valence-electron chi connectivity index (χ2n) is 6.15. The molecule has 0 bridgehead atoms. The van der Waals surface area contributed by atoms with E-state index in [2.05, 4.69) is 25.5 Å². The largest absolute Gasteiger partial charge is 0.379 e. The Morgan fingerprint density at radius 3 is 2.63 bits per heavy atom. The van der Waals surface area contributed by atoms with Crippen LogP contribution >= 0.6 is 0 Å². The number of para-hydroxylation sites is 1. The van der Waals surface area contributed by atoms with Gasteiger partial charge in [-0.05, 0) is 25.1 Å². The van der Waals surface area contributed by atoms with Gasteiger partial charge in [0, 0.05) is 31.9 Å². The molecule has 1 aliphatic rings. The molecule has 2 N–H and O–H groups in total. The molecule has 0 saturated carbocycles. The Hall–Kier alpha value is -2.65. The molecule has 2 heterocycles. The van der Waals surface area contributed by atoms with Crippen molar-refractivity contribution in [3.05, 3.63) is 47.3 Å². The molecule has 0 unspecified atom stereocenters. The van der Waals surface area contributed by atoms with Gasteiger partial charge in [-0.25, -0.2) is 18.7 Å². The monoisotopic (exact) mass is 377 g/mol. The van der Waals surface area contributed by atoms with Crippen LogP contribution in [0.15, 0.2) is 24.3 Å². The number of carbonyl (C=O) groups excluding carboxylic acids is 1. The number of nitrogens with one attached hydrogen (secondary N) is 2. The smallest absolute Gasteiger partial charge is 0.270 e. The van der Waals surface area contributed by atoms with Crippen LogP contribution in [0, 0.1) is 18.6 Å². The van der Waals surface area contributed by atoms with Crippen LogP contribution in [0.1, 0.15) is 16.2 Å². The van der Waals surface area contributed by atoms with E-state index in [4.69, 9.17) is 4.74 Å². The lowest BCUT2D eigenvalue weighted by Gasteiger charge is -2.26. The van der Waals surface area contributed by atoms with E-state index >= 15 is 0 Å². The van der Waals surface area contributed by atoms with Crippen LogP contribution in [0.3, 0.4) is 0 Å². The quantitative estimate of drug-likeness (QED) is 0.800. The predicted octanol–water partition coefficient (Wildman–Crippen LogP) is 1.87. The van der Waals surface area contributed by atoms with Crippen molar-refractivity contribution in [3.63, 3.8) is 0 Å². The summed E-state index contributed by atoms with van der Waals surface area (Å²) in [6, 6.07) is 5.04. The summed E-state index contributed by atoms with van der Waals surface area (Å²) >= 11 is 0. The summed E-state index contributed by atoms with van der Waals surface area (Å²) < 4.78 is 32.9. The first-order valence-electron chi connectivity index (χ1n) is 8.68. The molecule has 144 valence electrons. The van der Waals surface area contributed by atoms with E-state index < -0.39 is 11.6 Å². The van der Waals surface area contributed by atoms with E-state index in [1.165, 1.54) is 12.1 Å². The van der Waals surface area contributed by atoms with Gasteiger partial charge >= 0.3 is 0 Å². The van der Waals surface area contributed by atoms with Crippen LogP contribution in [0.25, 0.3) is 0 Å². The topological polar surface area (TPSA) is 79.4 Å².